The Hall–Kier alpha value is -2.97. The number of amides is 2. The number of carbonyl (C=O) groups excluding carboxylic acids is 2. The van der Waals surface area contributed by atoms with E-state index in [-0.39, 0.29) is 5.91 Å². The Morgan fingerprint density at radius 1 is 1.03 bits per heavy atom. The van der Waals surface area contributed by atoms with E-state index in [4.69, 9.17) is 0 Å². The van der Waals surface area contributed by atoms with Crippen LogP contribution >= 0.6 is 0 Å². The molecular formula is C22H27N3O4S. The summed E-state index contributed by atoms with van der Waals surface area (Å²) < 4.78 is 26.4. The highest BCUT2D eigenvalue weighted by Gasteiger charge is 2.14. The number of sulfonamides is 1. The molecule has 0 spiro atoms. The lowest BCUT2D eigenvalue weighted by Gasteiger charge is -2.19. The van der Waals surface area contributed by atoms with Crippen molar-refractivity contribution in [1.29, 1.82) is 0 Å². The van der Waals surface area contributed by atoms with Gasteiger partial charge in [0.15, 0.2) is 0 Å². The van der Waals surface area contributed by atoms with Crippen LogP contribution in [0.4, 0.5) is 5.69 Å². The molecule has 0 bridgehead atoms. The van der Waals surface area contributed by atoms with Crippen molar-refractivity contribution in [1.82, 2.24) is 9.62 Å². The molecule has 0 fully saturated rings. The number of hydrogen-bond donors (Lipinski definition) is 2. The molecule has 160 valence electrons. The lowest BCUT2D eigenvalue weighted by atomic mass is 10.1. The first-order valence-electron chi connectivity index (χ1n) is 9.67. The second-order valence-electron chi connectivity index (χ2n) is 6.69. The highest BCUT2D eigenvalue weighted by Crippen LogP contribution is 2.13. The maximum atomic E-state index is 12.4. The average Bonchev–Trinajstić information content (AvgIpc) is 2.73. The summed E-state index contributed by atoms with van der Waals surface area (Å²) in [5.41, 5.74) is 2.70. The van der Waals surface area contributed by atoms with Gasteiger partial charge in [-0.15, -0.1) is 0 Å². The number of benzene rings is 2. The van der Waals surface area contributed by atoms with Crippen molar-refractivity contribution in [2.45, 2.75) is 20.8 Å². The quantitative estimate of drug-likeness (QED) is 0.641. The minimum absolute atomic E-state index is 0.127. The number of nitrogens with zero attached hydrogens (tertiary/aromatic N) is 1. The van der Waals surface area contributed by atoms with E-state index in [9.17, 15) is 18.0 Å². The molecular weight excluding hydrogens is 402 g/mol. The predicted molar refractivity (Wildman–Crippen MR) is 119 cm³/mol. The van der Waals surface area contributed by atoms with E-state index in [0.29, 0.717) is 24.3 Å². The maximum Gasteiger partial charge on any atom is 0.253 e. The van der Waals surface area contributed by atoms with E-state index in [1.807, 2.05) is 32.9 Å². The molecule has 0 aliphatic rings. The van der Waals surface area contributed by atoms with Crippen molar-refractivity contribution < 1.29 is 18.0 Å². The molecule has 0 saturated carbocycles. The van der Waals surface area contributed by atoms with Gasteiger partial charge in [-0.3, -0.25) is 9.59 Å². The first-order chi connectivity index (χ1) is 14.2. The Morgan fingerprint density at radius 2 is 1.70 bits per heavy atom. The van der Waals surface area contributed by atoms with Gasteiger partial charge >= 0.3 is 0 Å². The van der Waals surface area contributed by atoms with Gasteiger partial charge in [0.25, 0.3) is 5.91 Å². The topological polar surface area (TPSA) is 95.6 Å². The molecule has 7 nitrogen and oxygen atoms in total. The van der Waals surface area contributed by atoms with Crippen molar-refractivity contribution in [3.63, 3.8) is 0 Å². The van der Waals surface area contributed by atoms with Gasteiger partial charge in [-0.1, -0.05) is 35.9 Å². The van der Waals surface area contributed by atoms with Crippen LogP contribution < -0.4 is 10.0 Å². The van der Waals surface area contributed by atoms with E-state index in [1.165, 1.54) is 6.08 Å². The van der Waals surface area contributed by atoms with Gasteiger partial charge in [0.05, 0.1) is 6.54 Å². The average molecular weight is 430 g/mol. The molecule has 0 saturated heterocycles. The molecule has 0 aliphatic heterocycles. The van der Waals surface area contributed by atoms with Crippen LogP contribution in [0.25, 0.3) is 6.08 Å². The molecule has 2 N–H and O–H groups in total. The summed E-state index contributed by atoms with van der Waals surface area (Å²) in [7, 11) is -3.77. The van der Waals surface area contributed by atoms with Crippen molar-refractivity contribution in [2.75, 3.05) is 25.0 Å². The molecule has 0 aromatic heterocycles. The molecule has 2 rings (SSSR count). The molecule has 0 radical (unpaired) electrons. The van der Waals surface area contributed by atoms with Crippen LogP contribution in [0.3, 0.4) is 0 Å². The van der Waals surface area contributed by atoms with E-state index >= 15 is 0 Å². The highest BCUT2D eigenvalue weighted by molar-refractivity contribution is 7.92. The van der Waals surface area contributed by atoms with Crippen LogP contribution in [0.5, 0.6) is 0 Å². The summed E-state index contributed by atoms with van der Waals surface area (Å²) in [4.78, 5) is 26.2. The van der Waals surface area contributed by atoms with Gasteiger partial charge in [0.2, 0.25) is 15.9 Å². The lowest BCUT2D eigenvalue weighted by molar-refractivity contribution is -0.115. The third-order valence-corrected chi connectivity index (χ3v) is 5.44. The van der Waals surface area contributed by atoms with Crippen molar-refractivity contribution in [2.24, 2.45) is 0 Å². The SMILES string of the molecule is CCN(CC)C(=O)c1cccc(NC(=O)CNS(=O)(=O)/C=C/c2ccc(C)cc2)c1. The van der Waals surface area contributed by atoms with Crippen LogP contribution in [-0.2, 0) is 14.8 Å². The Labute approximate surface area is 177 Å². The van der Waals surface area contributed by atoms with Crippen LogP contribution in [0.2, 0.25) is 0 Å². The van der Waals surface area contributed by atoms with Gasteiger partial charge in [0.1, 0.15) is 0 Å². The Bertz CT molecular complexity index is 1010. The van der Waals surface area contributed by atoms with E-state index < -0.39 is 22.5 Å². The van der Waals surface area contributed by atoms with Crippen molar-refractivity contribution in [3.8, 4) is 0 Å². The fourth-order valence-corrected chi connectivity index (χ4v) is 3.45. The molecule has 8 heteroatoms. The summed E-state index contributed by atoms with van der Waals surface area (Å²) in [6.07, 6.45) is 1.46. The van der Waals surface area contributed by atoms with Crippen LogP contribution in [-0.4, -0.2) is 44.8 Å². The van der Waals surface area contributed by atoms with E-state index in [1.54, 1.807) is 41.3 Å². The summed E-state index contributed by atoms with van der Waals surface area (Å²) >= 11 is 0. The smallest absolute Gasteiger partial charge is 0.253 e. The highest BCUT2D eigenvalue weighted by atomic mass is 32.2. The number of anilines is 1. The zero-order valence-electron chi connectivity index (χ0n) is 17.4. The van der Waals surface area contributed by atoms with Gasteiger partial charge in [-0.2, -0.15) is 0 Å². The van der Waals surface area contributed by atoms with Crippen molar-refractivity contribution in [3.05, 3.63) is 70.6 Å². The number of rotatable bonds is 9. The second kappa shape index (κ2) is 10.7. The van der Waals surface area contributed by atoms with Gasteiger partial charge in [0, 0.05) is 29.7 Å². The molecule has 2 aromatic rings. The first-order valence-corrected chi connectivity index (χ1v) is 11.2. The minimum atomic E-state index is -3.77. The molecule has 0 heterocycles. The number of hydrogen-bond acceptors (Lipinski definition) is 4. The van der Waals surface area contributed by atoms with Crippen LogP contribution in [0.15, 0.2) is 53.9 Å². The molecule has 0 atom stereocenters. The Morgan fingerprint density at radius 3 is 2.33 bits per heavy atom. The fraction of sp³-hybridized carbons (Fsp3) is 0.273. The molecule has 2 aromatic carbocycles. The zero-order chi connectivity index (χ0) is 22.1. The summed E-state index contributed by atoms with van der Waals surface area (Å²) in [6.45, 7) is 6.49. The Balaban J connectivity index is 1.94. The molecule has 2 amide bonds. The molecule has 0 aliphatic carbocycles. The third-order valence-electron chi connectivity index (χ3n) is 4.39. The summed E-state index contributed by atoms with van der Waals surface area (Å²) in [5.74, 6) is -0.659. The van der Waals surface area contributed by atoms with Crippen molar-refractivity contribution >= 4 is 33.6 Å². The van der Waals surface area contributed by atoms with Gasteiger partial charge in [-0.25, -0.2) is 13.1 Å². The van der Waals surface area contributed by atoms with E-state index in [2.05, 4.69) is 10.0 Å². The fourth-order valence-electron chi connectivity index (χ4n) is 2.69. The van der Waals surface area contributed by atoms with Crippen LogP contribution in [0.1, 0.15) is 35.3 Å². The standard InChI is InChI=1S/C22H27N3O4S/c1-4-25(5-2)22(27)19-7-6-8-20(15-19)24-21(26)16-23-30(28,29)14-13-18-11-9-17(3)10-12-18/h6-15,23H,4-5,16H2,1-3H3,(H,24,26)/b14-13+. The number of nitrogens with one attached hydrogen (secondary N) is 2. The Kier molecular flexibility index (Phi) is 8.32. The normalized spacial score (nSPS) is 11.4. The lowest BCUT2D eigenvalue weighted by Crippen LogP contribution is -2.32. The van der Waals surface area contributed by atoms with E-state index in [0.717, 1.165) is 16.5 Å². The third kappa shape index (κ3) is 7.13. The maximum absolute atomic E-state index is 12.4. The number of aryl methyl sites for hydroxylation is 1. The largest absolute Gasteiger partial charge is 0.339 e. The minimum Gasteiger partial charge on any atom is -0.339 e. The van der Waals surface area contributed by atoms with Gasteiger partial charge < -0.3 is 10.2 Å². The monoisotopic (exact) mass is 429 g/mol. The first kappa shape index (κ1) is 23.3. The van der Waals surface area contributed by atoms with Gasteiger partial charge in [-0.05, 0) is 50.6 Å². The second-order valence-corrected chi connectivity index (χ2v) is 8.34. The predicted octanol–water partition coefficient (Wildman–Crippen LogP) is 3.01. The molecule has 0 unspecified atom stereocenters. The zero-order valence-corrected chi connectivity index (χ0v) is 18.2. The van der Waals surface area contributed by atoms with Crippen LogP contribution in [0, 0.1) is 6.92 Å². The summed E-state index contributed by atoms with van der Waals surface area (Å²) in [6, 6.07) is 13.9. The number of carbonyl (C=O) groups is 2. The molecule has 30 heavy (non-hydrogen) atoms. The summed E-state index contributed by atoms with van der Waals surface area (Å²) in [5, 5.41) is 3.63.